The van der Waals surface area contributed by atoms with Crippen molar-refractivity contribution in [2.45, 2.75) is 46.7 Å². The molecule has 1 atom stereocenters. The standard InChI is InChI=1S/C15H28N2S/c1-11(2)7-15(17(5)6)10-16-9-14-8-12(3)18-13(14)4/h8,11,15-16H,7,9-10H2,1-6H3. The van der Waals surface area contributed by atoms with Gasteiger partial charge in [0.05, 0.1) is 0 Å². The van der Waals surface area contributed by atoms with E-state index < -0.39 is 0 Å². The predicted molar refractivity (Wildman–Crippen MR) is 82.4 cm³/mol. The Kier molecular flexibility index (Phi) is 6.33. The molecule has 1 aromatic rings. The number of likely N-dealkylation sites (N-methyl/N-ethyl adjacent to an activating group) is 1. The summed E-state index contributed by atoms with van der Waals surface area (Å²) in [6.07, 6.45) is 1.25. The van der Waals surface area contributed by atoms with E-state index >= 15 is 0 Å². The van der Waals surface area contributed by atoms with Crippen LogP contribution in [0.1, 0.15) is 35.6 Å². The summed E-state index contributed by atoms with van der Waals surface area (Å²) in [5, 5.41) is 3.61. The minimum Gasteiger partial charge on any atom is -0.311 e. The van der Waals surface area contributed by atoms with Gasteiger partial charge in [0.1, 0.15) is 0 Å². The fourth-order valence-electron chi connectivity index (χ4n) is 2.25. The number of rotatable bonds is 7. The molecule has 1 heterocycles. The Morgan fingerprint density at radius 3 is 2.39 bits per heavy atom. The molecule has 0 amide bonds. The van der Waals surface area contributed by atoms with Gasteiger partial charge in [-0.3, -0.25) is 0 Å². The van der Waals surface area contributed by atoms with Crippen molar-refractivity contribution >= 4 is 11.3 Å². The molecule has 0 saturated heterocycles. The van der Waals surface area contributed by atoms with Gasteiger partial charge >= 0.3 is 0 Å². The highest BCUT2D eigenvalue weighted by Gasteiger charge is 2.13. The van der Waals surface area contributed by atoms with Gasteiger partial charge in [-0.25, -0.2) is 0 Å². The van der Waals surface area contributed by atoms with Crippen LogP contribution < -0.4 is 5.32 Å². The van der Waals surface area contributed by atoms with Gasteiger partial charge in [0.15, 0.2) is 0 Å². The maximum atomic E-state index is 3.61. The summed E-state index contributed by atoms with van der Waals surface area (Å²) in [5.74, 6) is 0.754. The van der Waals surface area contributed by atoms with E-state index in [1.807, 2.05) is 11.3 Å². The van der Waals surface area contributed by atoms with Crippen molar-refractivity contribution in [3.8, 4) is 0 Å². The maximum Gasteiger partial charge on any atom is 0.0217 e. The smallest absolute Gasteiger partial charge is 0.0217 e. The van der Waals surface area contributed by atoms with E-state index in [9.17, 15) is 0 Å². The highest BCUT2D eigenvalue weighted by Crippen LogP contribution is 2.20. The number of nitrogens with one attached hydrogen (secondary N) is 1. The van der Waals surface area contributed by atoms with Gasteiger partial charge in [0, 0.05) is 28.9 Å². The Labute approximate surface area is 116 Å². The molecule has 0 saturated carbocycles. The molecule has 3 heteroatoms. The van der Waals surface area contributed by atoms with Crippen molar-refractivity contribution in [3.63, 3.8) is 0 Å². The summed E-state index contributed by atoms with van der Waals surface area (Å²) in [5.41, 5.74) is 1.46. The molecule has 0 aromatic carbocycles. The third-order valence-electron chi connectivity index (χ3n) is 3.31. The van der Waals surface area contributed by atoms with E-state index in [1.165, 1.54) is 21.7 Å². The molecule has 2 nitrogen and oxygen atoms in total. The first-order valence-corrected chi connectivity index (χ1v) is 7.64. The number of hydrogen-bond donors (Lipinski definition) is 1. The van der Waals surface area contributed by atoms with E-state index in [2.05, 4.69) is 58.1 Å². The van der Waals surface area contributed by atoms with Crippen molar-refractivity contribution in [1.29, 1.82) is 0 Å². The second-order valence-electron chi connectivity index (χ2n) is 5.82. The predicted octanol–water partition coefficient (Wildman–Crippen LogP) is 3.43. The molecule has 1 aromatic heterocycles. The van der Waals surface area contributed by atoms with E-state index in [-0.39, 0.29) is 0 Å². The first-order chi connectivity index (χ1) is 8.40. The van der Waals surface area contributed by atoms with Gasteiger partial charge in [-0.2, -0.15) is 0 Å². The van der Waals surface area contributed by atoms with Crippen molar-refractivity contribution in [3.05, 3.63) is 21.4 Å². The van der Waals surface area contributed by atoms with Crippen LogP contribution in [0.3, 0.4) is 0 Å². The van der Waals surface area contributed by atoms with Gasteiger partial charge in [0.25, 0.3) is 0 Å². The Bertz CT molecular complexity index is 355. The lowest BCUT2D eigenvalue weighted by atomic mass is 10.0. The first-order valence-electron chi connectivity index (χ1n) is 6.83. The number of aryl methyl sites for hydroxylation is 2. The van der Waals surface area contributed by atoms with Crippen LogP contribution in [0.15, 0.2) is 6.07 Å². The Hall–Kier alpha value is -0.380. The molecule has 0 fully saturated rings. The van der Waals surface area contributed by atoms with Crippen LogP contribution in [0.25, 0.3) is 0 Å². The molecule has 0 aliphatic rings. The Morgan fingerprint density at radius 2 is 1.94 bits per heavy atom. The summed E-state index contributed by atoms with van der Waals surface area (Å²) < 4.78 is 0. The highest BCUT2D eigenvalue weighted by molar-refractivity contribution is 7.12. The van der Waals surface area contributed by atoms with Gasteiger partial charge in [-0.15, -0.1) is 11.3 Å². The molecule has 18 heavy (non-hydrogen) atoms. The fraction of sp³-hybridized carbons (Fsp3) is 0.733. The summed E-state index contributed by atoms with van der Waals surface area (Å²) >= 11 is 1.89. The molecule has 0 bridgehead atoms. The van der Waals surface area contributed by atoms with Crippen molar-refractivity contribution in [2.75, 3.05) is 20.6 Å². The van der Waals surface area contributed by atoms with Crippen LogP contribution in [0, 0.1) is 19.8 Å². The summed E-state index contributed by atoms with van der Waals surface area (Å²) in [6, 6.07) is 2.94. The molecule has 104 valence electrons. The monoisotopic (exact) mass is 268 g/mol. The Morgan fingerprint density at radius 1 is 1.28 bits per heavy atom. The second kappa shape index (κ2) is 7.27. The molecule has 0 aliphatic heterocycles. The lowest BCUT2D eigenvalue weighted by molar-refractivity contribution is 0.246. The highest BCUT2D eigenvalue weighted by atomic mass is 32.1. The lowest BCUT2D eigenvalue weighted by Gasteiger charge is -2.26. The van der Waals surface area contributed by atoms with E-state index in [0.717, 1.165) is 19.0 Å². The summed E-state index contributed by atoms with van der Waals surface area (Å²) in [4.78, 5) is 5.19. The first kappa shape index (κ1) is 15.7. The zero-order valence-electron chi connectivity index (χ0n) is 12.7. The summed E-state index contributed by atoms with van der Waals surface area (Å²) in [6.45, 7) is 11.1. The molecule has 0 radical (unpaired) electrons. The van der Waals surface area contributed by atoms with Crippen molar-refractivity contribution in [1.82, 2.24) is 10.2 Å². The molecule has 0 spiro atoms. The van der Waals surface area contributed by atoms with Crippen LogP contribution in [0.4, 0.5) is 0 Å². The van der Waals surface area contributed by atoms with Crippen LogP contribution in [-0.4, -0.2) is 31.6 Å². The molecule has 0 aliphatic carbocycles. The summed E-state index contributed by atoms with van der Waals surface area (Å²) in [7, 11) is 4.35. The number of hydrogen-bond acceptors (Lipinski definition) is 3. The lowest BCUT2D eigenvalue weighted by Crippen LogP contribution is -2.38. The average Bonchev–Trinajstić information content (AvgIpc) is 2.55. The fourth-order valence-corrected chi connectivity index (χ4v) is 3.20. The minimum absolute atomic E-state index is 0.630. The quantitative estimate of drug-likeness (QED) is 0.815. The van der Waals surface area contributed by atoms with Crippen LogP contribution >= 0.6 is 11.3 Å². The van der Waals surface area contributed by atoms with E-state index in [4.69, 9.17) is 0 Å². The van der Waals surface area contributed by atoms with Crippen molar-refractivity contribution in [2.24, 2.45) is 5.92 Å². The topological polar surface area (TPSA) is 15.3 Å². The van der Waals surface area contributed by atoms with Crippen LogP contribution in [0.5, 0.6) is 0 Å². The number of thiophene rings is 1. The minimum atomic E-state index is 0.630. The number of nitrogens with zero attached hydrogens (tertiary/aromatic N) is 1. The third kappa shape index (κ3) is 5.09. The zero-order valence-corrected chi connectivity index (χ0v) is 13.5. The second-order valence-corrected chi connectivity index (χ2v) is 7.28. The SMILES string of the molecule is Cc1cc(CNCC(CC(C)C)N(C)C)c(C)s1. The van der Waals surface area contributed by atoms with Crippen LogP contribution in [0.2, 0.25) is 0 Å². The van der Waals surface area contributed by atoms with E-state index in [1.54, 1.807) is 0 Å². The van der Waals surface area contributed by atoms with Crippen molar-refractivity contribution < 1.29 is 0 Å². The average molecular weight is 268 g/mol. The van der Waals surface area contributed by atoms with Gasteiger partial charge < -0.3 is 10.2 Å². The maximum absolute atomic E-state index is 3.61. The molecule has 1 rings (SSSR count). The van der Waals surface area contributed by atoms with Crippen LogP contribution in [-0.2, 0) is 6.54 Å². The van der Waals surface area contributed by atoms with Gasteiger partial charge in [0.2, 0.25) is 0 Å². The zero-order chi connectivity index (χ0) is 13.7. The van der Waals surface area contributed by atoms with Gasteiger partial charge in [-0.1, -0.05) is 13.8 Å². The molecular weight excluding hydrogens is 240 g/mol. The third-order valence-corrected chi connectivity index (χ3v) is 4.32. The largest absolute Gasteiger partial charge is 0.311 e. The van der Waals surface area contributed by atoms with Gasteiger partial charge in [-0.05, 0) is 51.9 Å². The normalized spacial score (nSPS) is 13.6. The molecule has 1 N–H and O–H groups in total. The Balaban J connectivity index is 2.41. The molecular formula is C15H28N2S. The van der Waals surface area contributed by atoms with E-state index in [0.29, 0.717) is 6.04 Å². The molecule has 1 unspecified atom stereocenters.